The van der Waals surface area contributed by atoms with Gasteiger partial charge in [-0.3, -0.25) is 0 Å². The fourth-order valence-corrected chi connectivity index (χ4v) is 3.89. The molecule has 0 aliphatic carbocycles. The minimum Gasteiger partial charge on any atom is -0.379 e. The van der Waals surface area contributed by atoms with Gasteiger partial charge in [0.2, 0.25) is 0 Å². The molecular formula is C29H55N3O8S. The number of rotatable bonds is 31. The van der Waals surface area contributed by atoms with Crippen molar-refractivity contribution in [2.24, 2.45) is 5.92 Å². The second kappa shape index (κ2) is 27.7. The van der Waals surface area contributed by atoms with E-state index in [2.05, 4.69) is 38.0 Å². The molecule has 1 aromatic heterocycles. The van der Waals surface area contributed by atoms with E-state index in [9.17, 15) is 0 Å². The number of hydrogen-bond donors (Lipinski definition) is 0. The molecule has 0 saturated carbocycles. The lowest BCUT2D eigenvalue weighted by Crippen LogP contribution is -2.15. The van der Waals surface area contributed by atoms with Crippen LogP contribution in [0.4, 0.5) is 0 Å². The van der Waals surface area contributed by atoms with E-state index in [1.165, 1.54) is 0 Å². The standard InChI is InChI=1S/C29H55N3O8S/c1-26(2)24-28(41)6-5-8-33-10-12-35-14-16-37-18-20-39-22-23-40-21-19-38-17-15-36-13-11-34-9-7-32-25-29(27(3)4)30-31-32/h25-27H,5-24H2,1-4H3. The van der Waals surface area contributed by atoms with Gasteiger partial charge in [-0.1, -0.05) is 45.1 Å². The molecule has 0 fully saturated rings. The van der Waals surface area contributed by atoms with Gasteiger partial charge in [-0.25, -0.2) is 4.68 Å². The van der Waals surface area contributed by atoms with Gasteiger partial charge in [0.15, 0.2) is 0 Å². The van der Waals surface area contributed by atoms with Gasteiger partial charge in [0.25, 0.3) is 0 Å². The average Bonchev–Trinajstić information content (AvgIpc) is 3.41. The van der Waals surface area contributed by atoms with Gasteiger partial charge < -0.3 is 37.9 Å². The van der Waals surface area contributed by atoms with Crippen molar-refractivity contribution in [1.29, 1.82) is 0 Å². The molecule has 0 N–H and O–H groups in total. The number of hydrogen-bond acceptors (Lipinski definition) is 11. The van der Waals surface area contributed by atoms with Crippen LogP contribution in [0.3, 0.4) is 0 Å². The largest absolute Gasteiger partial charge is 0.379 e. The van der Waals surface area contributed by atoms with E-state index in [1.54, 1.807) is 4.68 Å². The maximum absolute atomic E-state index is 5.57. The predicted octanol–water partition coefficient (Wildman–Crippen LogP) is 3.73. The molecule has 1 rings (SSSR count). The summed E-state index contributed by atoms with van der Waals surface area (Å²) in [6.07, 6.45) is 4.93. The summed E-state index contributed by atoms with van der Waals surface area (Å²) in [6, 6.07) is 0. The monoisotopic (exact) mass is 605 g/mol. The van der Waals surface area contributed by atoms with E-state index in [-0.39, 0.29) is 0 Å². The summed E-state index contributed by atoms with van der Waals surface area (Å²) in [4.78, 5) is 1.14. The third-order valence-electron chi connectivity index (χ3n) is 5.60. The second-order valence-corrected chi connectivity index (χ2v) is 10.8. The van der Waals surface area contributed by atoms with E-state index in [0.29, 0.717) is 117 Å². The van der Waals surface area contributed by atoms with Crippen molar-refractivity contribution >= 4 is 17.1 Å². The quantitative estimate of drug-likeness (QED) is 0.0913. The Balaban J connectivity index is 1.67. The predicted molar refractivity (Wildman–Crippen MR) is 162 cm³/mol. The van der Waals surface area contributed by atoms with Crippen molar-refractivity contribution in [1.82, 2.24) is 15.0 Å². The van der Waals surface area contributed by atoms with Crippen molar-refractivity contribution < 1.29 is 37.9 Å². The van der Waals surface area contributed by atoms with Crippen LogP contribution < -0.4 is 0 Å². The van der Waals surface area contributed by atoms with Crippen LogP contribution in [-0.2, 0) is 44.4 Å². The van der Waals surface area contributed by atoms with E-state index < -0.39 is 0 Å². The summed E-state index contributed by atoms with van der Waals surface area (Å²) in [6.45, 7) is 18.1. The zero-order chi connectivity index (χ0) is 29.8. The highest BCUT2D eigenvalue weighted by molar-refractivity contribution is 7.80. The van der Waals surface area contributed by atoms with E-state index >= 15 is 0 Å². The van der Waals surface area contributed by atoms with Gasteiger partial charge in [0, 0.05) is 12.8 Å². The fraction of sp³-hybridized carbons (Fsp3) is 0.897. The minimum absolute atomic E-state index is 0.380. The Bertz CT molecular complexity index is 724. The van der Waals surface area contributed by atoms with Gasteiger partial charge in [-0.15, -0.1) is 5.10 Å². The van der Waals surface area contributed by atoms with Crippen molar-refractivity contribution in [3.63, 3.8) is 0 Å². The Kier molecular flexibility index (Phi) is 25.7. The minimum atomic E-state index is 0.380. The molecule has 0 aliphatic rings. The van der Waals surface area contributed by atoms with Crippen molar-refractivity contribution in [3.05, 3.63) is 11.9 Å². The number of ether oxygens (including phenoxy) is 8. The van der Waals surface area contributed by atoms with Gasteiger partial charge in [-0.05, 0) is 36.0 Å². The van der Waals surface area contributed by atoms with Crippen LogP contribution in [0, 0.1) is 5.92 Å². The Morgan fingerprint density at radius 1 is 0.634 bits per heavy atom. The summed E-state index contributed by atoms with van der Waals surface area (Å²) in [5, 5.41) is 8.21. The molecule has 0 unspecified atom stereocenters. The topological polar surface area (TPSA) is 105 Å². The second-order valence-electron chi connectivity index (χ2n) is 10.2. The lowest BCUT2D eigenvalue weighted by atomic mass is 10.1. The first-order valence-electron chi connectivity index (χ1n) is 15.0. The Morgan fingerprint density at radius 3 is 1.39 bits per heavy atom. The van der Waals surface area contributed by atoms with Crippen LogP contribution in [0.15, 0.2) is 6.20 Å². The van der Waals surface area contributed by atoms with Crippen molar-refractivity contribution in [2.75, 3.05) is 106 Å². The van der Waals surface area contributed by atoms with Crippen LogP contribution in [-0.4, -0.2) is 126 Å². The molecule has 0 saturated heterocycles. The molecule has 0 aliphatic heterocycles. The normalized spacial score (nSPS) is 11.8. The van der Waals surface area contributed by atoms with Gasteiger partial charge in [-0.2, -0.15) is 0 Å². The lowest BCUT2D eigenvalue weighted by molar-refractivity contribution is -0.0233. The van der Waals surface area contributed by atoms with E-state index in [1.807, 2.05) is 6.20 Å². The van der Waals surface area contributed by atoms with Gasteiger partial charge >= 0.3 is 0 Å². The molecule has 0 atom stereocenters. The fourth-order valence-electron chi connectivity index (χ4n) is 3.42. The van der Waals surface area contributed by atoms with Gasteiger partial charge in [0.1, 0.15) is 0 Å². The molecule has 12 heteroatoms. The maximum Gasteiger partial charge on any atom is 0.0852 e. The number of aromatic nitrogens is 3. The molecule has 0 radical (unpaired) electrons. The molecule has 240 valence electrons. The van der Waals surface area contributed by atoms with Crippen LogP contribution in [0.1, 0.15) is 58.6 Å². The third kappa shape index (κ3) is 25.1. The van der Waals surface area contributed by atoms with E-state index in [0.717, 1.165) is 36.4 Å². The first-order valence-corrected chi connectivity index (χ1v) is 15.4. The molecule has 0 spiro atoms. The first-order chi connectivity index (χ1) is 20.0. The van der Waals surface area contributed by atoms with Crippen LogP contribution in [0.5, 0.6) is 0 Å². The van der Waals surface area contributed by atoms with E-state index in [4.69, 9.17) is 50.1 Å². The van der Waals surface area contributed by atoms with Crippen LogP contribution >= 0.6 is 12.2 Å². The zero-order valence-electron chi connectivity index (χ0n) is 25.9. The summed E-state index contributed by atoms with van der Waals surface area (Å²) in [5.74, 6) is 1.01. The summed E-state index contributed by atoms with van der Waals surface area (Å²) >= 11 is 5.36. The number of nitrogens with zero attached hydrogens (tertiary/aromatic N) is 3. The molecule has 11 nitrogen and oxygen atoms in total. The molecular weight excluding hydrogens is 550 g/mol. The Labute approximate surface area is 252 Å². The Morgan fingerprint density at radius 2 is 1.02 bits per heavy atom. The molecule has 0 amide bonds. The van der Waals surface area contributed by atoms with Crippen LogP contribution in [0.25, 0.3) is 0 Å². The van der Waals surface area contributed by atoms with Gasteiger partial charge in [0.05, 0.1) is 111 Å². The summed E-state index contributed by atoms with van der Waals surface area (Å²) in [7, 11) is 0. The highest BCUT2D eigenvalue weighted by Crippen LogP contribution is 2.09. The maximum atomic E-state index is 5.57. The molecule has 41 heavy (non-hydrogen) atoms. The van der Waals surface area contributed by atoms with Crippen molar-refractivity contribution in [3.8, 4) is 0 Å². The number of thiocarbonyl (C=S) groups is 1. The average molecular weight is 606 g/mol. The highest BCUT2D eigenvalue weighted by atomic mass is 32.1. The first kappa shape index (κ1) is 37.9. The SMILES string of the molecule is CC(C)CC(=S)CCCOCCOCCOCCOCCOCCOCCOCCOCCn1cc(C(C)C)nn1. The highest BCUT2D eigenvalue weighted by Gasteiger charge is 2.04. The zero-order valence-corrected chi connectivity index (χ0v) is 26.7. The summed E-state index contributed by atoms with van der Waals surface area (Å²) < 4.78 is 45.9. The lowest BCUT2D eigenvalue weighted by Gasteiger charge is -2.09. The molecule has 0 aromatic carbocycles. The Hall–Kier alpha value is -1.09. The molecule has 1 aromatic rings. The van der Waals surface area contributed by atoms with Crippen molar-refractivity contribution in [2.45, 2.75) is 59.4 Å². The molecule has 0 bridgehead atoms. The third-order valence-corrected chi connectivity index (χ3v) is 5.97. The molecule has 1 heterocycles. The van der Waals surface area contributed by atoms with Crippen LogP contribution in [0.2, 0.25) is 0 Å². The smallest absolute Gasteiger partial charge is 0.0852 e. The summed E-state index contributed by atoms with van der Waals surface area (Å²) in [5.41, 5.74) is 0.994.